The lowest BCUT2D eigenvalue weighted by atomic mass is 9.99. The van der Waals surface area contributed by atoms with E-state index in [0.717, 1.165) is 28.1 Å². The van der Waals surface area contributed by atoms with Gasteiger partial charge in [-0.1, -0.05) is 6.08 Å². The summed E-state index contributed by atoms with van der Waals surface area (Å²) in [5.74, 6) is 1.14. The Labute approximate surface area is 166 Å². The van der Waals surface area contributed by atoms with Gasteiger partial charge >= 0.3 is 0 Å². The molecule has 0 bridgehead atoms. The number of nitrogens with zero attached hydrogens (tertiary/aromatic N) is 6. The van der Waals surface area contributed by atoms with E-state index in [1.165, 1.54) is 0 Å². The van der Waals surface area contributed by atoms with Gasteiger partial charge in [0.25, 0.3) is 0 Å². The van der Waals surface area contributed by atoms with Crippen molar-refractivity contribution in [3.8, 4) is 5.75 Å². The molecule has 3 aromatic rings. The average molecular weight is 390 g/mol. The number of pyridine rings is 1. The number of aromatic nitrogens is 6. The number of ether oxygens (including phenoxy) is 1. The second-order valence-electron chi connectivity index (χ2n) is 7.18. The van der Waals surface area contributed by atoms with E-state index >= 15 is 0 Å². The summed E-state index contributed by atoms with van der Waals surface area (Å²) in [5, 5.41) is 14.4. The fraction of sp³-hybridized carbons (Fsp3) is 0.238. The lowest BCUT2D eigenvalue weighted by molar-refractivity contribution is 0.412. The van der Waals surface area contributed by atoms with Crippen LogP contribution in [0.25, 0.3) is 24.1 Å². The minimum atomic E-state index is -0.360. The predicted octanol–water partition coefficient (Wildman–Crippen LogP) is 1.57. The fourth-order valence-corrected chi connectivity index (χ4v) is 3.72. The molecule has 0 saturated carbocycles. The van der Waals surface area contributed by atoms with Crippen LogP contribution in [0.15, 0.2) is 36.3 Å². The molecule has 0 amide bonds. The molecule has 0 aromatic carbocycles. The summed E-state index contributed by atoms with van der Waals surface area (Å²) in [4.78, 5) is 4.41. The van der Waals surface area contributed by atoms with Crippen molar-refractivity contribution >= 4 is 24.1 Å². The number of hydrogen-bond donors (Lipinski definition) is 0. The Kier molecular flexibility index (Phi) is 4.12. The SMILES string of the molecule is COc1cnc2c(c1)=C/C(=C\c1nnc3n1CC(c1cnn(C)c1)C=C3F)CC=2. The molecule has 0 N–H and O–H groups in total. The van der Waals surface area contributed by atoms with Crippen molar-refractivity contribution in [1.29, 1.82) is 0 Å². The van der Waals surface area contributed by atoms with Crippen LogP contribution in [-0.4, -0.2) is 36.6 Å². The quantitative estimate of drug-likeness (QED) is 0.679. The molecule has 0 saturated heterocycles. The van der Waals surface area contributed by atoms with Crippen molar-refractivity contribution in [3.05, 3.63) is 64.1 Å². The normalized spacial score (nSPS) is 19.1. The average Bonchev–Trinajstić information content (AvgIpc) is 3.34. The third kappa shape index (κ3) is 3.16. The molecule has 0 spiro atoms. The van der Waals surface area contributed by atoms with Crippen LogP contribution in [0.1, 0.15) is 29.6 Å². The van der Waals surface area contributed by atoms with Crippen LogP contribution in [0, 0.1) is 0 Å². The Morgan fingerprint density at radius 1 is 1.28 bits per heavy atom. The molecular formula is C21H19FN6O. The molecule has 2 aliphatic rings. The molecular weight excluding hydrogens is 371 g/mol. The number of rotatable bonds is 3. The molecule has 1 unspecified atom stereocenters. The Morgan fingerprint density at radius 2 is 2.17 bits per heavy atom. The van der Waals surface area contributed by atoms with Crippen molar-refractivity contribution in [3.63, 3.8) is 0 Å². The number of aryl methyl sites for hydroxylation is 1. The molecule has 0 fully saturated rings. The standard InChI is InChI=1S/C21H19FN6O/c1-27-11-16(9-24-27)15-8-18(22)21-26-25-20(28(21)12-15)6-13-3-4-19-14(5-13)7-17(29-2)10-23-19/h4-11,15H,3,12H2,1-2H3/b13-6-. The lowest BCUT2D eigenvalue weighted by Crippen LogP contribution is -2.30. The number of halogens is 1. The highest BCUT2D eigenvalue weighted by atomic mass is 19.1. The highest BCUT2D eigenvalue weighted by Gasteiger charge is 2.25. The zero-order valence-corrected chi connectivity index (χ0v) is 16.1. The molecule has 4 heterocycles. The Morgan fingerprint density at radius 3 is 2.97 bits per heavy atom. The van der Waals surface area contributed by atoms with Crippen LogP contribution >= 0.6 is 0 Å². The van der Waals surface area contributed by atoms with Gasteiger partial charge in [-0.25, -0.2) is 4.39 Å². The van der Waals surface area contributed by atoms with Gasteiger partial charge in [-0.2, -0.15) is 5.10 Å². The molecule has 1 atom stereocenters. The molecule has 3 aromatic heterocycles. The summed E-state index contributed by atoms with van der Waals surface area (Å²) >= 11 is 0. The van der Waals surface area contributed by atoms with E-state index in [1.54, 1.807) is 30.3 Å². The Balaban J connectivity index is 1.52. The lowest BCUT2D eigenvalue weighted by Gasteiger charge is -2.19. The van der Waals surface area contributed by atoms with Crippen molar-refractivity contribution in [2.45, 2.75) is 18.9 Å². The minimum absolute atomic E-state index is 0.111. The first-order chi connectivity index (χ1) is 14.1. The van der Waals surface area contributed by atoms with Gasteiger partial charge in [-0.05, 0) is 41.9 Å². The van der Waals surface area contributed by atoms with Crippen molar-refractivity contribution in [1.82, 2.24) is 29.5 Å². The first-order valence-corrected chi connectivity index (χ1v) is 9.32. The summed E-state index contributed by atoms with van der Waals surface area (Å²) < 4.78 is 23.5. The molecule has 146 valence electrons. The maximum Gasteiger partial charge on any atom is 0.192 e. The van der Waals surface area contributed by atoms with Gasteiger partial charge in [0.15, 0.2) is 17.5 Å². The third-order valence-corrected chi connectivity index (χ3v) is 5.22. The van der Waals surface area contributed by atoms with E-state index in [4.69, 9.17) is 4.74 Å². The van der Waals surface area contributed by atoms with E-state index in [1.807, 2.05) is 30.0 Å². The minimum Gasteiger partial charge on any atom is -0.495 e. The summed E-state index contributed by atoms with van der Waals surface area (Å²) in [7, 11) is 3.47. The van der Waals surface area contributed by atoms with Gasteiger partial charge in [-0.15, -0.1) is 10.2 Å². The zero-order chi connectivity index (χ0) is 20.0. The highest BCUT2D eigenvalue weighted by molar-refractivity contribution is 5.67. The molecule has 29 heavy (non-hydrogen) atoms. The summed E-state index contributed by atoms with van der Waals surface area (Å²) in [6.45, 7) is 0.566. The maximum absolute atomic E-state index is 14.6. The van der Waals surface area contributed by atoms with Crippen LogP contribution in [0.2, 0.25) is 0 Å². The Hall–Kier alpha value is -3.55. The van der Waals surface area contributed by atoms with E-state index in [2.05, 4.69) is 32.4 Å². The molecule has 8 heteroatoms. The summed E-state index contributed by atoms with van der Waals surface area (Å²) in [6.07, 6.45) is 13.8. The first-order valence-electron chi connectivity index (χ1n) is 9.32. The van der Waals surface area contributed by atoms with Crippen molar-refractivity contribution in [2.75, 3.05) is 7.11 Å². The van der Waals surface area contributed by atoms with Crippen LogP contribution in [0.3, 0.4) is 0 Å². The Bertz CT molecular complexity index is 1280. The maximum atomic E-state index is 14.6. The van der Waals surface area contributed by atoms with Crippen LogP contribution in [0.5, 0.6) is 5.75 Å². The van der Waals surface area contributed by atoms with Crippen molar-refractivity contribution < 1.29 is 9.13 Å². The van der Waals surface area contributed by atoms with Crippen molar-refractivity contribution in [2.24, 2.45) is 7.05 Å². The second-order valence-corrected chi connectivity index (χ2v) is 7.18. The predicted molar refractivity (Wildman–Crippen MR) is 107 cm³/mol. The van der Waals surface area contributed by atoms with Gasteiger partial charge in [0, 0.05) is 30.9 Å². The van der Waals surface area contributed by atoms with E-state index in [9.17, 15) is 4.39 Å². The highest BCUT2D eigenvalue weighted by Crippen LogP contribution is 2.31. The number of fused-ring (bicyclic) bond motifs is 2. The molecule has 5 rings (SSSR count). The zero-order valence-electron chi connectivity index (χ0n) is 16.1. The topological polar surface area (TPSA) is 70.7 Å². The molecule has 1 aliphatic heterocycles. The molecule has 1 aliphatic carbocycles. The second kappa shape index (κ2) is 6.80. The van der Waals surface area contributed by atoms with Gasteiger partial charge in [0.1, 0.15) is 5.75 Å². The fourth-order valence-electron chi connectivity index (χ4n) is 3.72. The van der Waals surface area contributed by atoms with E-state index < -0.39 is 0 Å². The molecule has 7 nitrogen and oxygen atoms in total. The number of hydrogen-bond acceptors (Lipinski definition) is 5. The van der Waals surface area contributed by atoms with Crippen LogP contribution in [0.4, 0.5) is 4.39 Å². The van der Waals surface area contributed by atoms with Gasteiger partial charge in [0.2, 0.25) is 0 Å². The number of allylic oxidation sites excluding steroid dienone is 2. The number of methoxy groups -OCH3 is 1. The smallest absolute Gasteiger partial charge is 0.192 e. The van der Waals surface area contributed by atoms with Gasteiger partial charge < -0.3 is 9.30 Å². The first kappa shape index (κ1) is 17.5. The van der Waals surface area contributed by atoms with Crippen LogP contribution < -0.4 is 15.3 Å². The summed E-state index contributed by atoms with van der Waals surface area (Å²) in [6, 6.07) is 1.95. The van der Waals surface area contributed by atoms with Gasteiger partial charge in [-0.3, -0.25) is 9.67 Å². The van der Waals surface area contributed by atoms with Crippen LogP contribution in [-0.2, 0) is 13.6 Å². The van der Waals surface area contributed by atoms with E-state index in [-0.39, 0.29) is 17.6 Å². The third-order valence-electron chi connectivity index (χ3n) is 5.22. The summed E-state index contributed by atoms with van der Waals surface area (Å²) in [5.41, 5.74) is 2.01. The van der Waals surface area contributed by atoms with Gasteiger partial charge in [0.05, 0.1) is 24.9 Å². The van der Waals surface area contributed by atoms with E-state index in [0.29, 0.717) is 18.1 Å². The monoisotopic (exact) mass is 390 g/mol. The largest absolute Gasteiger partial charge is 0.495 e. The molecule has 0 radical (unpaired) electrons.